The van der Waals surface area contributed by atoms with Gasteiger partial charge in [-0.25, -0.2) is 4.98 Å². The minimum atomic E-state index is -0.351. The van der Waals surface area contributed by atoms with Crippen LogP contribution < -0.4 is 0 Å². The summed E-state index contributed by atoms with van der Waals surface area (Å²) in [5.41, 5.74) is 0.0175. The van der Waals surface area contributed by atoms with E-state index >= 15 is 0 Å². The zero-order chi connectivity index (χ0) is 15.0. The third-order valence-electron chi connectivity index (χ3n) is 4.32. The molecule has 0 bridgehead atoms. The van der Waals surface area contributed by atoms with Gasteiger partial charge in [-0.15, -0.1) is 0 Å². The van der Waals surface area contributed by atoms with Crippen molar-refractivity contribution in [1.29, 1.82) is 0 Å². The lowest BCUT2D eigenvalue weighted by Gasteiger charge is -2.32. The van der Waals surface area contributed by atoms with Gasteiger partial charge in [0.25, 0.3) is 0 Å². The van der Waals surface area contributed by atoms with Gasteiger partial charge in [-0.1, -0.05) is 58.8 Å². The molecule has 0 radical (unpaired) electrons. The summed E-state index contributed by atoms with van der Waals surface area (Å²) in [6.45, 7) is 8.62. The fourth-order valence-corrected chi connectivity index (χ4v) is 3.02. The van der Waals surface area contributed by atoms with Crippen molar-refractivity contribution in [3.8, 4) is 0 Å². The van der Waals surface area contributed by atoms with Crippen molar-refractivity contribution in [2.45, 2.75) is 91.0 Å². The highest BCUT2D eigenvalue weighted by Gasteiger charge is 2.27. The number of aromatic nitrogens is 2. The van der Waals surface area contributed by atoms with Gasteiger partial charge in [-0.2, -0.15) is 4.39 Å². The summed E-state index contributed by atoms with van der Waals surface area (Å²) >= 11 is 0. The molecule has 0 aromatic carbocycles. The Kier molecular flexibility index (Phi) is 7.25. The lowest BCUT2D eigenvalue weighted by atomic mass is 9.88. The number of unbranched alkanes of at least 4 members (excludes halogenated alkanes) is 5. The second kappa shape index (κ2) is 8.43. The molecule has 0 spiro atoms. The predicted molar refractivity (Wildman–Crippen MR) is 83.5 cm³/mol. The predicted octanol–water partition coefficient (Wildman–Crippen LogP) is 5.60. The normalized spacial score (nSPS) is 14.4. The zero-order valence-corrected chi connectivity index (χ0v) is 13.7. The molecule has 3 heteroatoms. The van der Waals surface area contributed by atoms with Gasteiger partial charge >= 0.3 is 0 Å². The van der Waals surface area contributed by atoms with Crippen molar-refractivity contribution in [3.05, 3.63) is 18.0 Å². The van der Waals surface area contributed by atoms with E-state index in [9.17, 15) is 4.39 Å². The van der Waals surface area contributed by atoms with Crippen LogP contribution in [0.5, 0.6) is 0 Å². The van der Waals surface area contributed by atoms with E-state index in [-0.39, 0.29) is 11.5 Å². The molecular formula is C17H31FN2. The van der Waals surface area contributed by atoms with Crippen LogP contribution in [-0.4, -0.2) is 9.55 Å². The molecular weight excluding hydrogens is 251 g/mol. The Morgan fingerprint density at radius 1 is 1.05 bits per heavy atom. The van der Waals surface area contributed by atoms with Crippen molar-refractivity contribution in [3.63, 3.8) is 0 Å². The number of aryl methyl sites for hydroxylation is 1. The van der Waals surface area contributed by atoms with Crippen molar-refractivity contribution in [2.24, 2.45) is 0 Å². The molecule has 1 heterocycles. The molecule has 0 N–H and O–H groups in total. The van der Waals surface area contributed by atoms with E-state index in [1.165, 1.54) is 44.9 Å². The average Bonchev–Trinajstić information content (AvgIpc) is 2.76. The lowest BCUT2D eigenvalue weighted by molar-refractivity contribution is 0.247. The Hall–Kier alpha value is -0.860. The average molecular weight is 282 g/mol. The molecule has 116 valence electrons. The summed E-state index contributed by atoms with van der Waals surface area (Å²) in [6, 6.07) is 0. The maximum Gasteiger partial charge on any atom is 0.230 e. The first-order valence-electron chi connectivity index (χ1n) is 8.25. The second-order valence-electron chi connectivity index (χ2n) is 6.25. The first kappa shape index (κ1) is 17.2. The molecule has 0 aliphatic rings. The molecule has 0 saturated heterocycles. The van der Waals surface area contributed by atoms with Gasteiger partial charge in [0.1, 0.15) is 5.82 Å². The molecule has 0 fully saturated rings. The van der Waals surface area contributed by atoms with Gasteiger partial charge in [-0.3, -0.25) is 0 Å². The van der Waals surface area contributed by atoms with Gasteiger partial charge in [0.2, 0.25) is 5.95 Å². The van der Waals surface area contributed by atoms with E-state index in [1.807, 2.05) is 6.92 Å². The van der Waals surface area contributed by atoms with Crippen LogP contribution in [0.3, 0.4) is 0 Å². The van der Waals surface area contributed by atoms with Crippen LogP contribution in [0.15, 0.2) is 6.20 Å². The standard InChI is InChI=1S/C17H31FN2/c1-5-7-9-10-11-13-17(4,12-8-6-2)20-14-16(18)19-15(20)3/h14H,5-13H2,1-4H3. The van der Waals surface area contributed by atoms with E-state index in [1.54, 1.807) is 6.20 Å². The number of imidazole rings is 1. The maximum absolute atomic E-state index is 13.4. The van der Waals surface area contributed by atoms with Crippen molar-refractivity contribution < 1.29 is 4.39 Å². The monoisotopic (exact) mass is 282 g/mol. The highest BCUT2D eigenvalue weighted by Crippen LogP contribution is 2.31. The molecule has 1 aromatic heterocycles. The number of hydrogen-bond acceptors (Lipinski definition) is 1. The molecule has 2 nitrogen and oxygen atoms in total. The van der Waals surface area contributed by atoms with Crippen molar-refractivity contribution in [1.82, 2.24) is 9.55 Å². The van der Waals surface area contributed by atoms with Gasteiger partial charge in [-0.05, 0) is 26.7 Å². The Morgan fingerprint density at radius 2 is 1.65 bits per heavy atom. The molecule has 20 heavy (non-hydrogen) atoms. The summed E-state index contributed by atoms with van der Waals surface area (Å²) in [5, 5.41) is 0. The minimum absolute atomic E-state index is 0.0175. The summed E-state index contributed by atoms with van der Waals surface area (Å²) < 4.78 is 15.5. The Bertz CT molecular complexity index is 386. The molecule has 0 saturated carbocycles. The van der Waals surface area contributed by atoms with Gasteiger partial charge < -0.3 is 4.57 Å². The SMILES string of the molecule is CCCCCCCC(C)(CCCC)n1cc(F)nc1C. The quantitative estimate of drug-likeness (QED) is 0.511. The van der Waals surface area contributed by atoms with Crippen LogP contribution in [-0.2, 0) is 5.54 Å². The molecule has 1 aromatic rings. The summed E-state index contributed by atoms with van der Waals surface area (Å²) in [7, 11) is 0. The summed E-state index contributed by atoms with van der Waals surface area (Å²) in [5.74, 6) is 0.450. The lowest BCUT2D eigenvalue weighted by Crippen LogP contribution is -2.30. The zero-order valence-electron chi connectivity index (χ0n) is 13.7. The summed E-state index contributed by atoms with van der Waals surface area (Å²) in [4.78, 5) is 3.94. The number of nitrogens with zero attached hydrogens (tertiary/aromatic N) is 2. The van der Waals surface area contributed by atoms with E-state index < -0.39 is 0 Å². The first-order chi connectivity index (χ1) is 9.53. The third-order valence-corrected chi connectivity index (χ3v) is 4.32. The van der Waals surface area contributed by atoms with E-state index in [2.05, 4.69) is 30.3 Å². The van der Waals surface area contributed by atoms with Crippen molar-refractivity contribution in [2.75, 3.05) is 0 Å². The number of hydrogen-bond donors (Lipinski definition) is 0. The molecule has 0 aliphatic heterocycles. The van der Waals surface area contributed by atoms with E-state index in [0.29, 0.717) is 0 Å². The molecule has 1 atom stereocenters. The Morgan fingerprint density at radius 3 is 2.20 bits per heavy atom. The van der Waals surface area contributed by atoms with Crippen LogP contribution in [0.4, 0.5) is 4.39 Å². The van der Waals surface area contributed by atoms with Gasteiger partial charge in [0.05, 0.1) is 6.20 Å². The topological polar surface area (TPSA) is 17.8 Å². The van der Waals surface area contributed by atoms with E-state index in [4.69, 9.17) is 0 Å². The maximum atomic E-state index is 13.4. The van der Waals surface area contributed by atoms with E-state index in [0.717, 1.165) is 18.7 Å². The number of rotatable bonds is 10. The van der Waals surface area contributed by atoms with Crippen LogP contribution in [0.2, 0.25) is 0 Å². The molecule has 1 rings (SSSR count). The molecule has 0 aliphatic carbocycles. The van der Waals surface area contributed by atoms with Crippen LogP contribution in [0.1, 0.15) is 84.4 Å². The van der Waals surface area contributed by atoms with Crippen molar-refractivity contribution >= 4 is 0 Å². The minimum Gasteiger partial charge on any atom is -0.326 e. The smallest absolute Gasteiger partial charge is 0.230 e. The third kappa shape index (κ3) is 4.92. The fourth-order valence-electron chi connectivity index (χ4n) is 3.02. The molecule has 1 unspecified atom stereocenters. The largest absolute Gasteiger partial charge is 0.326 e. The highest BCUT2D eigenvalue weighted by atomic mass is 19.1. The number of halogens is 1. The Balaban J connectivity index is 2.68. The van der Waals surface area contributed by atoms with Crippen LogP contribution >= 0.6 is 0 Å². The van der Waals surface area contributed by atoms with Crippen LogP contribution in [0.25, 0.3) is 0 Å². The molecule has 0 amide bonds. The van der Waals surface area contributed by atoms with Gasteiger partial charge in [0, 0.05) is 5.54 Å². The van der Waals surface area contributed by atoms with Gasteiger partial charge in [0.15, 0.2) is 0 Å². The fraction of sp³-hybridized carbons (Fsp3) is 0.824. The first-order valence-corrected chi connectivity index (χ1v) is 8.25. The Labute approximate surface area is 123 Å². The van der Waals surface area contributed by atoms with Crippen LogP contribution in [0, 0.1) is 12.9 Å². The second-order valence-corrected chi connectivity index (χ2v) is 6.25. The highest BCUT2D eigenvalue weighted by molar-refractivity contribution is 4.99. The summed E-state index contributed by atoms with van der Waals surface area (Å²) in [6.07, 6.45) is 12.6.